The van der Waals surface area contributed by atoms with Crippen LogP contribution in [0.25, 0.3) is 11.0 Å². The number of benzene rings is 1. The maximum absolute atomic E-state index is 12.5. The van der Waals surface area contributed by atoms with Crippen LogP contribution in [0.15, 0.2) is 34.9 Å². The van der Waals surface area contributed by atoms with Gasteiger partial charge in [0.05, 0.1) is 12.1 Å². The molecule has 0 saturated heterocycles. The number of hydrogen-bond donors (Lipinski definition) is 0. The van der Waals surface area contributed by atoms with Gasteiger partial charge in [0.25, 0.3) is 0 Å². The minimum Gasteiger partial charge on any atom is -0.464 e. The van der Waals surface area contributed by atoms with E-state index in [2.05, 4.69) is 32.6 Å². The summed E-state index contributed by atoms with van der Waals surface area (Å²) in [5, 5.41) is 0.898. The molecule has 0 bridgehead atoms. The van der Waals surface area contributed by atoms with Crippen molar-refractivity contribution in [2.45, 2.75) is 33.7 Å². The van der Waals surface area contributed by atoms with E-state index in [1.165, 1.54) is 0 Å². The molecule has 0 fully saturated rings. The van der Waals surface area contributed by atoms with Gasteiger partial charge in [-0.25, -0.2) is 0 Å². The molecule has 0 aliphatic heterocycles. The van der Waals surface area contributed by atoms with Crippen LogP contribution in [-0.4, -0.2) is 30.3 Å². The number of fused-ring (bicyclic) bond motifs is 1. The van der Waals surface area contributed by atoms with Crippen molar-refractivity contribution in [1.82, 2.24) is 4.90 Å². The number of nitrogens with zero attached hydrogens (tertiary/aromatic N) is 1. The fourth-order valence-electron chi connectivity index (χ4n) is 2.30. The second kappa shape index (κ2) is 5.41. The largest absolute Gasteiger partial charge is 0.464 e. The number of carbonyl (C=O) groups excluding carboxylic acids is 1. The summed E-state index contributed by atoms with van der Waals surface area (Å²) in [6.07, 6.45) is 1.57. The number of likely N-dealkylation sites (N-methyl/N-ethyl adjacent to an activating group) is 1. The van der Waals surface area contributed by atoms with Gasteiger partial charge in [0, 0.05) is 11.4 Å². The van der Waals surface area contributed by atoms with Crippen molar-refractivity contribution < 1.29 is 9.21 Å². The van der Waals surface area contributed by atoms with Crippen LogP contribution in [-0.2, 0) is 0 Å². The molecule has 20 heavy (non-hydrogen) atoms. The predicted octanol–water partition coefficient (Wildman–Crippen LogP) is 3.98. The van der Waals surface area contributed by atoms with Gasteiger partial charge in [-0.3, -0.25) is 9.69 Å². The van der Waals surface area contributed by atoms with Crippen molar-refractivity contribution in [3.63, 3.8) is 0 Å². The molecule has 0 radical (unpaired) electrons. The average Bonchev–Trinajstić information content (AvgIpc) is 2.80. The summed E-state index contributed by atoms with van der Waals surface area (Å²) in [5.41, 5.74) is 1.59. The molecule has 0 amide bonds. The Hall–Kier alpha value is -1.61. The van der Waals surface area contributed by atoms with Crippen molar-refractivity contribution in [2.75, 3.05) is 13.6 Å². The molecule has 0 N–H and O–H groups in total. The second-order valence-corrected chi connectivity index (χ2v) is 6.53. The number of hydrogen-bond acceptors (Lipinski definition) is 3. The van der Waals surface area contributed by atoms with E-state index in [0.717, 1.165) is 11.0 Å². The first-order valence-corrected chi connectivity index (χ1v) is 7.00. The van der Waals surface area contributed by atoms with Crippen LogP contribution in [0.1, 0.15) is 38.1 Å². The van der Waals surface area contributed by atoms with Gasteiger partial charge in [0.2, 0.25) is 0 Å². The van der Waals surface area contributed by atoms with Crippen molar-refractivity contribution >= 4 is 16.8 Å². The predicted molar refractivity (Wildman–Crippen MR) is 82.1 cm³/mol. The Bertz CT molecular complexity index is 607. The Morgan fingerprint density at radius 3 is 2.60 bits per heavy atom. The topological polar surface area (TPSA) is 33.5 Å². The lowest BCUT2D eigenvalue weighted by Gasteiger charge is -2.34. The molecule has 0 spiro atoms. The number of carbonyl (C=O) groups is 1. The van der Waals surface area contributed by atoms with Gasteiger partial charge in [-0.1, -0.05) is 39.0 Å². The molecule has 1 heterocycles. The van der Waals surface area contributed by atoms with Crippen LogP contribution < -0.4 is 0 Å². The van der Waals surface area contributed by atoms with Crippen LogP contribution in [0.2, 0.25) is 0 Å². The number of furan rings is 1. The molecule has 0 aliphatic rings. The van der Waals surface area contributed by atoms with Crippen molar-refractivity contribution in [3.8, 4) is 0 Å². The fourth-order valence-corrected chi connectivity index (χ4v) is 2.30. The number of ketones is 1. The molecule has 2 rings (SSSR count). The molecular formula is C17H23NO2. The summed E-state index contributed by atoms with van der Waals surface area (Å²) < 4.78 is 5.44. The number of para-hydroxylation sites is 1. The first-order chi connectivity index (χ1) is 9.30. The lowest BCUT2D eigenvalue weighted by Crippen LogP contribution is -2.41. The first-order valence-electron chi connectivity index (χ1n) is 7.00. The summed E-state index contributed by atoms with van der Waals surface area (Å²) in [6, 6.07) is 7.97. The van der Waals surface area contributed by atoms with E-state index in [4.69, 9.17) is 4.42 Å². The van der Waals surface area contributed by atoms with E-state index >= 15 is 0 Å². The molecule has 108 valence electrons. The van der Waals surface area contributed by atoms with Crippen LogP contribution in [0, 0.1) is 5.41 Å². The smallest absolute Gasteiger partial charge is 0.180 e. The van der Waals surface area contributed by atoms with Crippen molar-refractivity contribution in [3.05, 3.63) is 36.1 Å². The second-order valence-electron chi connectivity index (χ2n) is 6.53. The zero-order valence-electron chi connectivity index (χ0n) is 12.9. The van der Waals surface area contributed by atoms with E-state index < -0.39 is 0 Å². The van der Waals surface area contributed by atoms with E-state index in [1.54, 1.807) is 6.26 Å². The van der Waals surface area contributed by atoms with Crippen molar-refractivity contribution in [1.29, 1.82) is 0 Å². The number of rotatable bonds is 4. The highest BCUT2D eigenvalue weighted by molar-refractivity contribution is 6.08. The summed E-state index contributed by atoms with van der Waals surface area (Å²) in [6.45, 7) is 9.12. The summed E-state index contributed by atoms with van der Waals surface area (Å²) in [4.78, 5) is 14.6. The third-order valence-electron chi connectivity index (χ3n) is 4.09. The maximum atomic E-state index is 12.5. The quantitative estimate of drug-likeness (QED) is 0.790. The van der Waals surface area contributed by atoms with E-state index in [-0.39, 0.29) is 11.2 Å². The molecule has 0 saturated carbocycles. The zero-order valence-corrected chi connectivity index (χ0v) is 12.9. The van der Waals surface area contributed by atoms with Crippen LogP contribution in [0.4, 0.5) is 0 Å². The molecule has 1 unspecified atom stereocenters. The Balaban J connectivity index is 2.16. The molecule has 1 aromatic carbocycles. The number of Topliss-reactive ketones (excluding diaryl/α,β-unsaturated/α-hetero) is 1. The molecule has 1 atom stereocenters. The third kappa shape index (κ3) is 2.93. The van der Waals surface area contributed by atoms with Crippen LogP contribution in [0.3, 0.4) is 0 Å². The fraction of sp³-hybridized carbons (Fsp3) is 0.471. The molecule has 3 nitrogen and oxygen atoms in total. The average molecular weight is 273 g/mol. The lowest BCUT2D eigenvalue weighted by atomic mass is 9.87. The van der Waals surface area contributed by atoms with E-state index in [9.17, 15) is 4.79 Å². The first kappa shape index (κ1) is 14.8. The maximum Gasteiger partial charge on any atom is 0.180 e. The highest BCUT2D eigenvalue weighted by Crippen LogP contribution is 2.25. The van der Waals surface area contributed by atoms with Crippen molar-refractivity contribution in [2.24, 2.45) is 5.41 Å². The SMILES string of the molecule is CC(N(C)CC(=O)c1coc2ccccc12)C(C)(C)C. The minimum atomic E-state index is 0.105. The summed E-state index contributed by atoms with van der Waals surface area (Å²) in [5.74, 6) is 0.105. The van der Waals surface area contributed by atoms with Crippen LogP contribution in [0.5, 0.6) is 0 Å². The monoisotopic (exact) mass is 273 g/mol. The molecule has 3 heteroatoms. The van der Waals surface area contributed by atoms with Gasteiger partial charge < -0.3 is 4.42 Å². The molecular weight excluding hydrogens is 250 g/mol. The van der Waals surface area contributed by atoms with E-state index in [1.807, 2.05) is 31.3 Å². The van der Waals surface area contributed by atoms with Gasteiger partial charge in [-0.2, -0.15) is 0 Å². The van der Waals surface area contributed by atoms with Gasteiger partial charge in [0.15, 0.2) is 5.78 Å². The Morgan fingerprint density at radius 2 is 1.95 bits per heavy atom. The Morgan fingerprint density at radius 1 is 1.30 bits per heavy atom. The minimum absolute atomic E-state index is 0.105. The lowest BCUT2D eigenvalue weighted by molar-refractivity contribution is 0.0854. The van der Waals surface area contributed by atoms with E-state index in [0.29, 0.717) is 18.2 Å². The van der Waals surface area contributed by atoms with Gasteiger partial charge in [-0.15, -0.1) is 0 Å². The third-order valence-corrected chi connectivity index (χ3v) is 4.09. The summed E-state index contributed by atoms with van der Waals surface area (Å²) in [7, 11) is 2.00. The highest BCUT2D eigenvalue weighted by atomic mass is 16.3. The van der Waals surface area contributed by atoms with Crippen LogP contribution >= 0.6 is 0 Å². The van der Waals surface area contributed by atoms with Gasteiger partial charge in [0.1, 0.15) is 11.8 Å². The normalized spacial score (nSPS) is 13.9. The van der Waals surface area contributed by atoms with Gasteiger partial charge in [-0.05, 0) is 25.5 Å². The Kier molecular flexibility index (Phi) is 4.00. The standard InChI is InChI=1S/C17H23NO2/c1-12(17(2,3)4)18(5)10-15(19)14-11-20-16-9-7-6-8-13(14)16/h6-9,11-12H,10H2,1-5H3. The highest BCUT2D eigenvalue weighted by Gasteiger charge is 2.26. The molecule has 2 aromatic rings. The summed E-state index contributed by atoms with van der Waals surface area (Å²) >= 11 is 0. The zero-order chi connectivity index (χ0) is 14.9. The van der Waals surface area contributed by atoms with Gasteiger partial charge >= 0.3 is 0 Å². The Labute approximate surface area is 120 Å². The molecule has 1 aromatic heterocycles. The molecule has 0 aliphatic carbocycles.